The number of ether oxygens (including phenoxy) is 1. The summed E-state index contributed by atoms with van der Waals surface area (Å²) in [5.74, 6) is 0.762. The highest BCUT2D eigenvalue weighted by molar-refractivity contribution is 7.13. The quantitative estimate of drug-likeness (QED) is 0.599. The van der Waals surface area contributed by atoms with Crippen molar-refractivity contribution in [1.29, 1.82) is 0 Å². The third-order valence-electron chi connectivity index (χ3n) is 4.91. The molecule has 3 aromatic rings. The van der Waals surface area contributed by atoms with Gasteiger partial charge in [-0.15, -0.1) is 11.3 Å². The van der Waals surface area contributed by atoms with E-state index in [1.165, 1.54) is 29.9 Å². The van der Waals surface area contributed by atoms with Crippen LogP contribution < -0.4 is 15.0 Å². The molecule has 29 heavy (non-hydrogen) atoms. The van der Waals surface area contributed by atoms with Crippen LogP contribution in [-0.2, 0) is 11.2 Å². The zero-order valence-electron chi connectivity index (χ0n) is 16.6. The Morgan fingerprint density at radius 2 is 2.00 bits per heavy atom. The Labute approximate surface area is 175 Å². The number of nitrogens with zero attached hydrogens (tertiary/aromatic N) is 2. The lowest BCUT2D eigenvalue weighted by Gasteiger charge is -2.18. The molecule has 0 saturated carbocycles. The summed E-state index contributed by atoms with van der Waals surface area (Å²) >= 11 is 1.53. The number of rotatable bonds is 7. The van der Waals surface area contributed by atoms with Crippen molar-refractivity contribution < 1.29 is 9.53 Å². The smallest absolute Gasteiger partial charge is 0.230 e. The number of thiazole rings is 1. The SMILES string of the molecule is CCOc1ccccc1-c1nc(CC(=O)Nc2cccc(N3CCCC3)c2)cs1. The minimum Gasteiger partial charge on any atom is -0.493 e. The molecule has 1 saturated heterocycles. The molecule has 2 heterocycles. The fraction of sp³-hybridized carbons (Fsp3) is 0.304. The Kier molecular flexibility index (Phi) is 6.10. The Morgan fingerprint density at radius 3 is 2.83 bits per heavy atom. The van der Waals surface area contributed by atoms with Gasteiger partial charge in [-0.05, 0) is 50.1 Å². The number of nitrogens with one attached hydrogen (secondary N) is 1. The van der Waals surface area contributed by atoms with Crippen molar-refractivity contribution in [1.82, 2.24) is 4.98 Å². The van der Waals surface area contributed by atoms with Crippen molar-refractivity contribution in [3.63, 3.8) is 0 Å². The van der Waals surface area contributed by atoms with Gasteiger partial charge in [0, 0.05) is 29.8 Å². The highest BCUT2D eigenvalue weighted by Gasteiger charge is 2.14. The molecule has 0 radical (unpaired) electrons. The first kappa shape index (κ1) is 19.5. The van der Waals surface area contributed by atoms with Crippen molar-refractivity contribution in [3.8, 4) is 16.3 Å². The lowest BCUT2D eigenvalue weighted by Crippen LogP contribution is -2.18. The van der Waals surface area contributed by atoms with Crippen molar-refractivity contribution in [2.75, 3.05) is 29.9 Å². The summed E-state index contributed by atoms with van der Waals surface area (Å²) in [5, 5.41) is 5.82. The molecule has 0 aliphatic carbocycles. The van der Waals surface area contributed by atoms with Crippen molar-refractivity contribution >= 4 is 28.6 Å². The summed E-state index contributed by atoms with van der Waals surface area (Å²) < 4.78 is 5.70. The van der Waals surface area contributed by atoms with E-state index in [0.29, 0.717) is 6.61 Å². The summed E-state index contributed by atoms with van der Waals surface area (Å²) in [4.78, 5) is 19.6. The summed E-state index contributed by atoms with van der Waals surface area (Å²) in [5.41, 5.74) is 3.73. The normalized spacial score (nSPS) is 13.5. The predicted octanol–water partition coefficient (Wildman–Crippen LogP) is 4.99. The lowest BCUT2D eigenvalue weighted by molar-refractivity contribution is -0.115. The average molecular weight is 408 g/mol. The number of para-hydroxylation sites is 1. The van der Waals surface area contributed by atoms with Gasteiger partial charge in [0.05, 0.1) is 24.3 Å². The van der Waals surface area contributed by atoms with E-state index < -0.39 is 0 Å². The lowest BCUT2D eigenvalue weighted by atomic mass is 10.2. The van der Waals surface area contributed by atoms with Crippen LogP contribution in [0.4, 0.5) is 11.4 Å². The van der Waals surface area contributed by atoms with Crippen molar-refractivity contribution in [2.24, 2.45) is 0 Å². The maximum Gasteiger partial charge on any atom is 0.230 e. The van der Waals surface area contributed by atoms with Gasteiger partial charge < -0.3 is 15.0 Å². The third kappa shape index (κ3) is 4.77. The van der Waals surface area contributed by atoms with E-state index in [1.54, 1.807) is 0 Å². The molecule has 5 nitrogen and oxygen atoms in total. The van der Waals surface area contributed by atoms with Crippen LogP contribution in [0.1, 0.15) is 25.5 Å². The minimum atomic E-state index is -0.0569. The maximum absolute atomic E-state index is 12.5. The van der Waals surface area contributed by atoms with Gasteiger partial charge >= 0.3 is 0 Å². The van der Waals surface area contributed by atoms with E-state index in [-0.39, 0.29) is 12.3 Å². The number of hydrogen-bond donors (Lipinski definition) is 1. The molecule has 0 atom stereocenters. The van der Waals surface area contributed by atoms with Crippen LogP contribution in [-0.4, -0.2) is 30.6 Å². The van der Waals surface area contributed by atoms with Crippen LogP contribution in [0.15, 0.2) is 53.9 Å². The van der Waals surface area contributed by atoms with Crippen LogP contribution >= 0.6 is 11.3 Å². The van der Waals surface area contributed by atoms with E-state index >= 15 is 0 Å². The molecule has 1 aliphatic heterocycles. The van der Waals surface area contributed by atoms with Gasteiger partial charge in [0.25, 0.3) is 0 Å². The fourth-order valence-corrected chi connectivity index (χ4v) is 4.41. The number of carbonyl (C=O) groups excluding carboxylic acids is 1. The minimum absolute atomic E-state index is 0.0569. The summed E-state index contributed by atoms with van der Waals surface area (Å²) in [6.45, 7) is 4.74. The fourth-order valence-electron chi connectivity index (χ4n) is 3.56. The maximum atomic E-state index is 12.5. The van der Waals surface area contributed by atoms with Crippen molar-refractivity contribution in [3.05, 3.63) is 59.6 Å². The zero-order valence-corrected chi connectivity index (χ0v) is 17.4. The standard InChI is InChI=1S/C23H25N3O2S/c1-2-28-21-11-4-3-10-20(21)23-25-18(16-29-23)15-22(27)24-17-8-7-9-19(14-17)26-12-5-6-13-26/h3-4,7-11,14,16H,2,5-6,12-13,15H2,1H3,(H,24,27). The molecule has 0 unspecified atom stereocenters. The number of hydrogen-bond acceptors (Lipinski definition) is 5. The number of benzene rings is 2. The van der Waals surface area contributed by atoms with Crippen LogP contribution in [0.25, 0.3) is 10.6 Å². The van der Waals surface area contributed by atoms with E-state index in [4.69, 9.17) is 4.74 Å². The molecule has 1 aromatic heterocycles. The second kappa shape index (κ2) is 9.09. The Hall–Kier alpha value is -2.86. The van der Waals surface area contributed by atoms with Crippen molar-refractivity contribution in [2.45, 2.75) is 26.2 Å². The molecule has 2 aromatic carbocycles. The second-order valence-corrected chi connectivity index (χ2v) is 7.90. The molecule has 4 rings (SSSR count). The summed E-state index contributed by atoms with van der Waals surface area (Å²) in [6.07, 6.45) is 2.71. The van der Waals surface area contributed by atoms with Gasteiger partial charge in [-0.1, -0.05) is 18.2 Å². The third-order valence-corrected chi connectivity index (χ3v) is 5.84. The molecular formula is C23H25N3O2S. The van der Waals surface area contributed by atoms with Crippen LogP contribution in [0.5, 0.6) is 5.75 Å². The largest absolute Gasteiger partial charge is 0.493 e. The molecule has 1 amide bonds. The first-order chi connectivity index (χ1) is 14.2. The highest BCUT2D eigenvalue weighted by atomic mass is 32.1. The van der Waals surface area contributed by atoms with Gasteiger partial charge in [0.15, 0.2) is 0 Å². The Bertz CT molecular complexity index is 980. The molecular weight excluding hydrogens is 382 g/mol. The molecule has 150 valence electrons. The molecule has 6 heteroatoms. The molecule has 1 fully saturated rings. The van der Waals surface area contributed by atoms with Crippen LogP contribution in [0.2, 0.25) is 0 Å². The first-order valence-corrected chi connectivity index (χ1v) is 10.9. The van der Waals surface area contributed by atoms with Gasteiger partial charge in [0.2, 0.25) is 5.91 Å². The van der Waals surface area contributed by atoms with Gasteiger partial charge in [-0.3, -0.25) is 4.79 Å². The van der Waals surface area contributed by atoms with Gasteiger partial charge in [-0.25, -0.2) is 4.98 Å². The monoisotopic (exact) mass is 407 g/mol. The average Bonchev–Trinajstić information content (AvgIpc) is 3.41. The Morgan fingerprint density at radius 1 is 1.17 bits per heavy atom. The van der Waals surface area contributed by atoms with Gasteiger partial charge in [0.1, 0.15) is 10.8 Å². The number of amides is 1. The zero-order chi connectivity index (χ0) is 20.1. The van der Waals surface area contributed by atoms with E-state index in [0.717, 1.165) is 40.8 Å². The first-order valence-electron chi connectivity index (χ1n) is 10.0. The molecule has 0 bridgehead atoms. The summed E-state index contributed by atoms with van der Waals surface area (Å²) in [7, 11) is 0. The number of aromatic nitrogens is 1. The van der Waals surface area contributed by atoms with E-state index in [9.17, 15) is 4.79 Å². The molecule has 0 spiro atoms. The number of anilines is 2. The van der Waals surface area contributed by atoms with Crippen LogP contribution in [0, 0.1) is 0 Å². The Balaban J connectivity index is 1.42. The molecule has 1 N–H and O–H groups in total. The van der Waals surface area contributed by atoms with E-state index in [1.807, 2.05) is 54.8 Å². The predicted molar refractivity (Wildman–Crippen MR) is 119 cm³/mol. The molecule has 1 aliphatic rings. The van der Waals surface area contributed by atoms with Crippen LogP contribution in [0.3, 0.4) is 0 Å². The summed E-state index contributed by atoms with van der Waals surface area (Å²) in [6, 6.07) is 15.9. The topological polar surface area (TPSA) is 54.5 Å². The van der Waals surface area contributed by atoms with E-state index in [2.05, 4.69) is 21.3 Å². The highest BCUT2D eigenvalue weighted by Crippen LogP contribution is 2.32. The second-order valence-electron chi connectivity index (χ2n) is 7.04. The number of carbonyl (C=O) groups is 1. The van der Waals surface area contributed by atoms with Gasteiger partial charge in [-0.2, -0.15) is 0 Å².